The number of nitrogens with one attached hydrogen (secondary N) is 1. The molecule has 6 nitrogen and oxygen atoms in total. The third-order valence-electron chi connectivity index (χ3n) is 4.88. The van der Waals surface area contributed by atoms with E-state index in [0.717, 1.165) is 4.90 Å². The fourth-order valence-electron chi connectivity index (χ4n) is 3.34. The van der Waals surface area contributed by atoms with Gasteiger partial charge in [0.05, 0.1) is 18.4 Å². The summed E-state index contributed by atoms with van der Waals surface area (Å²) in [5.74, 6) is 0.277. The molecule has 1 aliphatic heterocycles. The van der Waals surface area contributed by atoms with Crippen molar-refractivity contribution in [2.24, 2.45) is 5.92 Å². The van der Waals surface area contributed by atoms with Crippen LogP contribution in [0.25, 0.3) is 0 Å². The summed E-state index contributed by atoms with van der Waals surface area (Å²) >= 11 is 0. The van der Waals surface area contributed by atoms with Crippen molar-refractivity contribution < 1.29 is 32.3 Å². The van der Waals surface area contributed by atoms with Crippen LogP contribution in [0.15, 0.2) is 12.1 Å². The van der Waals surface area contributed by atoms with E-state index < -0.39 is 26.1 Å². The van der Waals surface area contributed by atoms with Crippen LogP contribution in [0.2, 0.25) is 19.6 Å². The molecule has 1 aliphatic rings. The Labute approximate surface area is 186 Å². The number of benzene rings is 1. The number of rotatable bonds is 4. The second kappa shape index (κ2) is 9.77. The van der Waals surface area contributed by atoms with Crippen LogP contribution in [-0.2, 0) is 9.59 Å². The molecule has 0 bridgehead atoms. The molecule has 0 unspecified atom stereocenters. The van der Waals surface area contributed by atoms with E-state index in [9.17, 15) is 27.6 Å². The number of hydrogen-bond donors (Lipinski definition) is 1. The summed E-state index contributed by atoms with van der Waals surface area (Å²) in [7, 11) is -0.364. The van der Waals surface area contributed by atoms with Crippen LogP contribution in [0.3, 0.4) is 0 Å². The second-order valence-electron chi connectivity index (χ2n) is 8.71. The fourth-order valence-corrected chi connectivity index (χ4v) is 3.85. The SMILES string of the molecule is COc1cc(NC(C)=O)c(C#C[Si](C)(C)C)cc1C(=O)C1CCN(C(=O)C(F)(F)F)CC1. The van der Waals surface area contributed by atoms with Crippen molar-refractivity contribution in [2.75, 3.05) is 25.5 Å². The summed E-state index contributed by atoms with van der Waals surface area (Å²) in [6.45, 7) is 7.24. The maximum Gasteiger partial charge on any atom is 0.471 e. The van der Waals surface area contributed by atoms with Gasteiger partial charge in [0.1, 0.15) is 13.8 Å². The molecule has 32 heavy (non-hydrogen) atoms. The molecule has 1 aromatic carbocycles. The Morgan fingerprint density at radius 2 is 1.75 bits per heavy atom. The number of hydrogen-bond acceptors (Lipinski definition) is 4. The molecule has 0 radical (unpaired) electrons. The van der Waals surface area contributed by atoms with E-state index in [1.54, 1.807) is 6.07 Å². The van der Waals surface area contributed by atoms with Crippen LogP contribution in [0, 0.1) is 17.4 Å². The van der Waals surface area contributed by atoms with E-state index >= 15 is 0 Å². The number of alkyl halides is 3. The Bertz CT molecular complexity index is 966. The molecule has 1 N–H and O–H groups in total. The van der Waals surface area contributed by atoms with Crippen LogP contribution >= 0.6 is 0 Å². The molecule has 10 heteroatoms. The van der Waals surface area contributed by atoms with Crippen molar-refractivity contribution in [2.45, 2.75) is 45.6 Å². The number of ketones is 1. The topological polar surface area (TPSA) is 75.7 Å². The molecule has 0 spiro atoms. The first-order chi connectivity index (χ1) is 14.7. The van der Waals surface area contributed by atoms with Gasteiger partial charge >= 0.3 is 12.1 Å². The van der Waals surface area contributed by atoms with Gasteiger partial charge in [-0.05, 0) is 18.9 Å². The van der Waals surface area contributed by atoms with Crippen molar-refractivity contribution >= 4 is 31.4 Å². The Morgan fingerprint density at radius 1 is 1.16 bits per heavy atom. The van der Waals surface area contributed by atoms with Gasteiger partial charge in [-0.2, -0.15) is 13.2 Å². The summed E-state index contributed by atoms with van der Waals surface area (Å²) in [6.07, 6.45) is -4.69. The van der Waals surface area contributed by atoms with Gasteiger partial charge in [-0.25, -0.2) is 0 Å². The molecule has 1 saturated heterocycles. The number of piperidine rings is 1. The number of methoxy groups -OCH3 is 1. The van der Waals surface area contributed by atoms with Crippen molar-refractivity contribution in [1.29, 1.82) is 0 Å². The van der Waals surface area contributed by atoms with Gasteiger partial charge in [0.2, 0.25) is 5.91 Å². The Kier molecular flexibility index (Phi) is 7.77. The fraction of sp³-hybridized carbons (Fsp3) is 0.500. The lowest BCUT2D eigenvalue weighted by Crippen LogP contribution is -2.46. The van der Waals surface area contributed by atoms with Gasteiger partial charge in [0.15, 0.2) is 5.78 Å². The third kappa shape index (κ3) is 6.60. The van der Waals surface area contributed by atoms with Gasteiger partial charge in [-0.3, -0.25) is 14.4 Å². The molecule has 0 atom stereocenters. The number of ether oxygens (including phenoxy) is 1. The first-order valence-corrected chi connectivity index (χ1v) is 13.7. The van der Waals surface area contributed by atoms with Gasteiger partial charge in [-0.1, -0.05) is 25.6 Å². The van der Waals surface area contributed by atoms with Crippen molar-refractivity contribution in [3.8, 4) is 17.2 Å². The second-order valence-corrected chi connectivity index (χ2v) is 13.5. The zero-order valence-corrected chi connectivity index (χ0v) is 19.8. The van der Waals surface area contributed by atoms with E-state index in [1.165, 1.54) is 20.1 Å². The van der Waals surface area contributed by atoms with Gasteiger partial charge in [0, 0.05) is 37.6 Å². The van der Waals surface area contributed by atoms with Crippen LogP contribution in [-0.4, -0.2) is 56.9 Å². The molecular formula is C22H27F3N2O4Si. The van der Waals surface area contributed by atoms with E-state index in [-0.39, 0.29) is 48.9 Å². The summed E-state index contributed by atoms with van der Waals surface area (Å²) in [5.41, 5.74) is 4.34. The van der Waals surface area contributed by atoms with Gasteiger partial charge in [0.25, 0.3) is 0 Å². The molecule has 2 amide bonds. The van der Waals surface area contributed by atoms with E-state index in [1.807, 2.05) is 0 Å². The third-order valence-corrected chi connectivity index (χ3v) is 5.76. The minimum absolute atomic E-state index is 0.118. The Hall–Kier alpha value is -2.80. The number of carbonyl (C=O) groups is 3. The first kappa shape index (κ1) is 25.5. The molecule has 1 heterocycles. The normalized spacial score (nSPS) is 14.9. The van der Waals surface area contributed by atoms with Gasteiger partial charge in [-0.15, -0.1) is 5.54 Å². The predicted molar refractivity (Wildman–Crippen MR) is 117 cm³/mol. The summed E-state index contributed by atoms with van der Waals surface area (Å²) in [6, 6.07) is 3.10. The number of halogens is 3. The minimum atomic E-state index is -4.93. The average Bonchev–Trinajstić information content (AvgIpc) is 2.69. The van der Waals surface area contributed by atoms with Crippen LogP contribution < -0.4 is 10.1 Å². The molecule has 0 aromatic heterocycles. The van der Waals surface area contributed by atoms with E-state index in [2.05, 4.69) is 36.4 Å². The lowest BCUT2D eigenvalue weighted by Gasteiger charge is -2.32. The molecule has 1 fully saturated rings. The van der Waals surface area contributed by atoms with Crippen molar-refractivity contribution in [3.63, 3.8) is 0 Å². The van der Waals surface area contributed by atoms with E-state index in [4.69, 9.17) is 4.74 Å². The number of amides is 2. The van der Waals surface area contributed by atoms with E-state index in [0.29, 0.717) is 11.3 Å². The number of anilines is 1. The number of nitrogens with zero attached hydrogens (tertiary/aromatic N) is 1. The lowest BCUT2D eigenvalue weighted by atomic mass is 9.87. The molecule has 1 aromatic rings. The van der Waals surface area contributed by atoms with Crippen LogP contribution in [0.1, 0.15) is 35.7 Å². The number of carbonyl (C=O) groups excluding carboxylic acids is 3. The summed E-state index contributed by atoms with van der Waals surface area (Å²) in [5, 5.41) is 2.69. The standard InChI is InChI=1S/C22H27F3N2O4Si/c1-14(28)26-18-13-19(31-2)17(12-16(18)8-11-32(3,4)5)20(29)15-6-9-27(10-7-15)21(30)22(23,24)25/h12-13,15H,6-7,9-10H2,1-5H3,(H,26,28). The zero-order chi connectivity index (χ0) is 24.3. The Balaban J connectivity index is 2.35. The highest BCUT2D eigenvalue weighted by Crippen LogP contribution is 2.32. The zero-order valence-electron chi connectivity index (χ0n) is 18.8. The first-order valence-electron chi connectivity index (χ1n) is 10.2. The Morgan fingerprint density at radius 3 is 2.22 bits per heavy atom. The predicted octanol–water partition coefficient (Wildman–Crippen LogP) is 3.87. The quantitative estimate of drug-likeness (QED) is 0.414. The maximum atomic E-state index is 13.2. The minimum Gasteiger partial charge on any atom is -0.496 e. The molecule has 2 rings (SSSR count). The highest BCUT2D eigenvalue weighted by atomic mass is 28.3. The lowest BCUT2D eigenvalue weighted by molar-refractivity contribution is -0.186. The molecule has 0 saturated carbocycles. The van der Waals surface area contributed by atoms with Crippen molar-refractivity contribution in [1.82, 2.24) is 4.90 Å². The highest BCUT2D eigenvalue weighted by Gasteiger charge is 2.43. The van der Waals surface area contributed by atoms with Crippen LogP contribution in [0.5, 0.6) is 5.75 Å². The number of Topliss-reactive ketones (excluding diaryl/α,β-unsaturated/α-hetero) is 1. The van der Waals surface area contributed by atoms with Gasteiger partial charge < -0.3 is 15.0 Å². The summed E-state index contributed by atoms with van der Waals surface area (Å²) < 4.78 is 43.4. The maximum absolute atomic E-state index is 13.2. The molecule has 0 aliphatic carbocycles. The average molecular weight is 469 g/mol. The van der Waals surface area contributed by atoms with Crippen LogP contribution in [0.4, 0.5) is 18.9 Å². The monoisotopic (exact) mass is 468 g/mol. The highest BCUT2D eigenvalue weighted by molar-refractivity contribution is 6.83. The largest absolute Gasteiger partial charge is 0.496 e. The summed E-state index contributed by atoms with van der Waals surface area (Å²) in [4.78, 5) is 37.0. The molecule has 174 valence electrons. The number of likely N-dealkylation sites (tertiary alicyclic amines) is 1. The van der Waals surface area contributed by atoms with Crippen molar-refractivity contribution in [3.05, 3.63) is 23.3 Å². The smallest absolute Gasteiger partial charge is 0.471 e. The molecular weight excluding hydrogens is 441 g/mol.